The minimum atomic E-state index is -1.04. The molecule has 0 radical (unpaired) electrons. The normalized spacial score (nSPS) is 20.0. The van der Waals surface area contributed by atoms with Crippen molar-refractivity contribution in [3.63, 3.8) is 0 Å². The highest BCUT2D eigenvalue weighted by Crippen LogP contribution is 2.36. The van der Waals surface area contributed by atoms with Gasteiger partial charge in [0.25, 0.3) is 0 Å². The van der Waals surface area contributed by atoms with Gasteiger partial charge in [0.1, 0.15) is 6.07 Å². The molecule has 1 aromatic rings. The Morgan fingerprint density at radius 3 is 2.48 bits per heavy atom. The summed E-state index contributed by atoms with van der Waals surface area (Å²) < 4.78 is 27.9. The van der Waals surface area contributed by atoms with E-state index < -0.39 is 11.6 Å². The molecule has 1 aliphatic rings. The molecule has 0 aromatic heterocycles. The van der Waals surface area contributed by atoms with Crippen LogP contribution in [-0.2, 0) is 0 Å². The van der Waals surface area contributed by atoms with Crippen molar-refractivity contribution in [2.45, 2.75) is 40.0 Å². The Morgan fingerprint density at radius 1 is 1.14 bits per heavy atom. The molecule has 2 rings (SSSR count). The molecular weight excluding hydrogens is 270 g/mol. The summed E-state index contributed by atoms with van der Waals surface area (Å²) >= 11 is 0. The largest absolute Gasteiger partial charge is 0.369 e. The minimum absolute atomic E-state index is 0.237. The van der Waals surface area contributed by atoms with Gasteiger partial charge in [-0.05, 0) is 42.7 Å². The van der Waals surface area contributed by atoms with E-state index >= 15 is 0 Å². The molecule has 1 unspecified atom stereocenters. The Labute approximate surface area is 125 Å². The molecule has 1 aliphatic heterocycles. The summed E-state index contributed by atoms with van der Waals surface area (Å²) in [5.41, 5.74) is 0.282. The smallest absolute Gasteiger partial charge is 0.183 e. The van der Waals surface area contributed by atoms with Crippen LogP contribution in [0.1, 0.15) is 45.6 Å². The van der Waals surface area contributed by atoms with Crippen LogP contribution >= 0.6 is 0 Å². The Morgan fingerprint density at radius 2 is 1.86 bits per heavy atom. The molecule has 4 heteroatoms. The average Bonchev–Trinajstić information content (AvgIpc) is 2.67. The van der Waals surface area contributed by atoms with E-state index in [4.69, 9.17) is 5.26 Å². The fourth-order valence-electron chi connectivity index (χ4n) is 3.07. The van der Waals surface area contributed by atoms with Crippen LogP contribution in [0.2, 0.25) is 0 Å². The average molecular weight is 292 g/mol. The van der Waals surface area contributed by atoms with Gasteiger partial charge in [0.2, 0.25) is 0 Å². The molecule has 0 N–H and O–H groups in total. The van der Waals surface area contributed by atoms with Crippen LogP contribution in [0.15, 0.2) is 12.1 Å². The van der Waals surface area contributed by atoms with Crippen molar-refractivity contribution in [2.75, 3.05) is 18.0 Å². The Hall–Kier alpha value is -1.63. The Kier molecular flexibility index (Phi) is 4.51. The first kappa shape index (κ1) is 15.8. The van der Waals surface area contributed by atoms with E-state index in [2.05, 4.69) is 20.8 Å². The van der Waals surface area contributed by atoms with Crippen LogP contribution in [0.25, 0.3) is 0 Å². The first-order valence-electron chi connectivity index (χ1n) is 7.47. The zero-order valence-corrected chi connectivity index (χ0v) is 12.9. The molecule has 1 aromatic carbocycles. The summed E-state index contributed by atoms with van der Waals surface area (Å²) in [6.45, 7) is 8.15. The molecule has 1 heterocycles. The van der Waals surface area contributed by atoms with Crippen molar-refractivity contribution >= 4 is 5.69 Å². The highest BCUT2D eigenvalue weighted by molar-refractivity contribution is 5.52. The summed E-state index contributed by atoms with van der Waals surface area (Å²) in [6.07, 6.45) is 3.06. The number of halogens is 2. The topological polar surface area (TPSA) is 27.0 Å². The molecule has 0 aliphatic carbocycles. The van der Waals surface area contributed by atoms with Crippen LogP contribution in [0.5, 0.6) is 0 Å². The number of rotatable bonds is 1. The van der Waals surface area contributed by atoms with Crippen molar-refractivity contribution in [3.05, 3.63) is 29.3 Å². The third kappa shape index (κ3) is 3.34. The summed E-state index contributed by atoms with van der Waals surface area (Å²) in [6, 6.07) is 4.56. The van der Waals surface area contributed by atoms with Crippen LogP contribution < -0.4 is 4.90 Å². The van der Waals surface area contributed by atoms with Crippen LogP contribution in [0, 0.1) is 34.3 Å². The van der Waals surface area contributed by atoms with Crippen molar-refractivity contribution in [1.82, 2.24) is 0 Å². The predicted molar refractivity (Wildman–Crippen MR) is 80.1 cm³/mol. The molecule has 1 fully saturated rings. The van der Waals surface area contributed by atoms with Crippen LogP contribution in [-0.4, -0.2) is 13.1 Å². The Balaban J connectivity index is 2.21. The summed E-state index contributed by atoms with van der Waals surface area (Å²) in [4.78, 5) is 1.91. The lowest BCUT2D eigenvalue weighted by Gasteiger charge is -2.30. The van der Waals surface area contributed by atoms with Gasteiger partial charge in [-0.1, -0.05) is 20.8 Å². The van der Waals surface area contributed by atoms with Gasteiger partial charge in [0.05, 0.1) is 11.3 Å². The van der Waals surface area contributed by atoms with Crippen molar-refractivity contribution < 1.29 is 8.78 Å². The number of nitriles is 1. The third-order valence-corrected chi connectivity index (χ3v) is 4.48. The molecule has 21 heavy (non-hydrogen) atoms. The van der Waals surface area contributed by atoms with E-state index in [0.29, 0.717) is 5.92 Å². The van der Waals surface area contributed by atoms with Gasteiger partial charge in [0.15, 0.2) is 11.6 Å². The molecular formula is C17H22F2N2. The summed E-state index contributed by atoms with van der Waals surface area (Å²) in [7, 11) is 0. The standard InChI is InChI=1S/C17H22F2N2/c1-17(2,3)13-5-4-9-21(10-8-13)14-7-6-12(11-20)15(18)16(14)19/h6-7,13H,4-5,8-10H2,1-3H3. The molecule has 0 amide bonds. The lowest BCUT2D eigenvalue weighted by molar-refractivity contribution is 0.220. The van der Waals surface area contributed by atoms with Crippen LogP contribution in [0.4, 0.5) is 14.5 Å². The molecule has 0 spiro atoms. The van der Waals surface area contributed by atoms with E-state index in [1.807, 2.05) is 4.90 Å². The first-order chi connectivity index (χ1) is 9.84. The third-order valence-electron chi connectivity index (χ3n) is 4.48. The van der Waals surface area contributed by atoms with Gasteiger partial charge in [-0.15, -0.1) is 0 Å². The van der Waals surface area contributed by atoms with Crippen molar-refractivity contribution in [3.8, 4) is 6.07 Å². The predicted octanol–water partition coefficient (Wildman–Crippen LogP) is 4.49. The zero-order chi connectivity index (χ0) is 15.6. The molecule has 114 valence electrons. The second-order valence-corrected chi connectivity index (χ2v) is 6.85. The van der Waals surface area contributed by atoms with Gasteiger partial charge >= 0.3 is 0 Å². The maximum absolute atomic E-state index is 14.1. The van der Waals surface area contributed by atoms with E-state index in [9.17, 15) is 8.78 Å². The SMILES string of the molecule is CC(C)(C)C1CCCN(c2ccc(C#N)c(F)c2F)CC1. The van der Waals surface area contributed by atoms with E-state index in [1.165, 1.54) is 12.1 Å². The van der Waals surface area contributed by atoms with Gasteiger partial charge < -0.3 is 4.90 Å². The maximum atomic E-state index is 14.1. The molecule has 1 saturated heterocycles. The Bertz CT molecular complexity index is 555. The second kappa shape index (κ2) is 6.01. The molecule has 1 atom stereocenters. The van der Waals surface area contributed by atoms with Gasteiger partial charge in [-0.25, -0.2) is 8.78 Å². The monoisotopic (exact) mass is 292 g/mol. The van der Waals surface area contributed by atoms with E-state index in [-0.39, 0.29) is 16.7 Å². The highest BCUT2D eigenvalue weighted by Gasteiger charge is 2.28. The lowest BCUT2D eigenvalue weighted by Crippen LogP contribution is -2.27. The summed E-state index contributed by atoms with van der Waals surface area (Å²) in [5.74, 6) is -1.34. The molecule has 0 bridgehead atoms. The van der Waals surface area contributed by atoms with Crippen LogP contribution in [0.3, 0.4) is 0 Å². The second-order valence-electron chi connectivity index (χ2n) is 6.85. The number of anilines is 1. The maximum Gasteiger partial charge on any atom is 0.183 e. The van der Waals surface area contributed by atoms with Gasteiger partial charge in [0, 0.05) is 13.1 Å². The zero-order valence-electron chi connectivity index (χ0n) is 12.9. The first-order valence-corrected chi connectivity index (χ1v) is 7.47. The molecule has 2 nitrogen and oxygen atoms in total. The fraction of sp³-hybridized carbons (Fsp3) is 0.588. The highest BCUT2D eigenvalue weighted by atomic mass is 19.2. The van der Waals surface area contributed by atoms with E-state index in [0.717, 1.165) is 32.4 Å². The molecule has 0 saturated carbocycles. The fourth-order valence-corrected chi connectivity index (χ4v) is 3.07. The number of hydrogen-bond donors (Lipinski definition) is 0. The van der Waals surface area contributed by atoms with Gasteiger partial charge in [-0.3, -0.25) is 0 Å². The number of hydrogen-bond acceptors (Lipinski definition) is 2. The summed E-state index contributed by atoms with van der Waals surface area (Å²) in [5, 5.41) is 8.74. The quantitative estimate of drug-likeness (QED) is 0.762. The van der Waals surface area contributed by atoms with Crippen molar-refractivity contribution in [2.24, 2.45) is 11.3 Å². The lowest BCUT2D eigenvalue weighted by atomic mass is 9.77. The number of nitrogens with zero attached hydrogens (tertiary/aromatic N) is 2. The van der Waals surface area contributed by atoms with Crippen molar-refractivity contribution in [1.29, 1.82) is 5.26 Å². The number of benzene rings is 1. The minimum Gasteiger partial charge on any atom is -0.369 e. The van der Waals surface area contributed by atoms with E-state index in [1.54, 1.807) is 6.07 Å². The van der Waals surface area contributed by atoms with Gasteiger partial charge in [-0.2, -0.15) is 5.26 Å².